The topological polar surface area (TPSA) is 137 Å². The van der Waals surface area contributed by atoms with Crippen molar-refractivity contribution in [2.75, 3.05) is 26.4 Å². The van der Waals surface area contributed by atoms with Crippen LogP contribution in [0.1, 0.15) is 198 Å². The van der Waals surface area contributed by atoms with Gasteiger partial charge < -0.3 is 29.1 Å². The summed E-state index contributed by atoms with van der Waals surface area (Å²) >= 11 is 0. The fraction of sp³-hybridized carbons (Fsp3) is 0.956. The molecule has 0 spiro atoms. The van der Waals surface area contributed by atoms with E-state index >= 15 is 0 Å². The molecule has 1 unspecified atom stereocenters. The van der Waals surface area contributed by atoms with E-state index in [4.69, 9.17) is 24.3 Å². The summed E-state index contributed by atoms with van der Waals surface area (Å²) in [5.41, 5.74) is 5.36. The molecule has 0 aliphatic heterocycles. The summed E-state index contributed by atoms with van der Waals surface area (Å²) in [6.07, 6.45) is 21.1. The molecule has 0 saturated carbocycles. The number of phosphoric ester groups is 1. The first-order chi connectivity index (χ1) is 25.9. The van der Waals surface area contributed by atoms with Crippen LogP contribution in [0.3, 0.4) is 0 Å². The van der Waals surface area contributed by atoms with Gasteiger partial charge in [0.05, 0.1) is 13.2 Å². The molecule has 0 aromatic heterocycles. The molecule has 0 amide bonds. The second-order valence-electron chi connectivity index (χ2n) is 18.6. The van der Waals surface area contributed by atoms with Crippen LogP contribution in [0.4, 0.5) is 0 Å². The van der Waals surface area contributed by atoms with Crippen molar-refractivity contribution in [1.29, 1.82) is 0 Å². The number of esters is 2. The van der Waals surface area contributed by atoms with Gasteiger partial charge in [-0.1, -0.05) is 185 Å². The second kappa shape index (κ2) is 32.9. The maximum absolute atomic E-state index is 12.9. The van der Waals surface area contributed by atoms with Gasteiger partial charge in [0.2, 0.25) is 0 Å². The van der Waals surface area contributed by atoms with Gasteiger partial charge in [0.15, 0.2) is 6.10 Å². The lowest BCUT2D eigenvalue weighted by atomic mass is 9.91. The minimum absolute atomic E-state index is 0.00904. The van der Waals surface area contributed by atoms with Crippen LogP contribution < -0.4 is 10.6 Å². The third-order valence-electron chi connectivity index (χ3n) is 11.1. The molecule has 55 heavy (non-hydrogen) atoms. The Morgan fingerprint density at radius 1 is 0.509 bits per heavy atom. The van der Waals surface area contributed by atoms with Crippen LogP contribution in [0, 0.1) is 47.3 Å². The fourth-order valence-electron chi connectivity index (χ4n) is 7.33. The number of rotatable bonds is 37. The summed E-state index contributed by atoms with van der Waals surface area (Å²) in [4.78, 5) is 37.8. The number of carbonyl (C=O) groups excluding carboxylic acids is 2. The van der Waals surface area contributed by atoms with Crippen LogP contribution in [0.5, 0.6) is 0 Å². The molecule has 8 atom stereocenters. The van der Waals surface area contributed by atoms with E-state index in [0.29, 0.717) is 11.8 Å². The highest BCUT2D eigenvalue weighted by molar-refractivity contribution is 7.45. The van der Waals surface area contributed by atoms with Gasteiger partial charge in [-0.15, -0.1) is 0 Å². The molecular formula is C45H89NO8P-. The smallest absolute Gasteiger partial charge is 0.306 e. The molecule has 0 aliphatic rings. The third kappa shape index (κ3) is 34.7. The lowest BCUT2D eigenvalue weighted by molar-refractivity contribution is -0.228. The van der Waals surface area contributed by atoms with E-state index in [1.54, 1.807) is 0 Å². The van der Waals surface area contributed by atoms with E-state index < -0.39 is 32.5 Å². The summed E-state index contributed by atoms with van der Waals surface area (Å²) in [6, 6.07) is 0. The first-order valence-corrected chi connectivity index (χ1v) is 24.0. The molecule has 10 heteroatoms. The van der Waals surface area contributed by atoms with Gasteiger partial charge in [0, 0.05) is 19.4 Å². The highest BCUT2D eigenvalue weighted by atomic mass is 31.2. The number of phosphoric acid groups is 1. The zero-order chi connectivity index (χ0) is 41.6. The molecule has 9 nitrogen and oxygen atoms in total. The highest BCUT2D eigenvalue weighted by Crippen LogP contribution is 2.38. The van der Waals surface area contributed by atoms with Gasteiger partial charge in [0.25, 0.3) is 7.82 Å². The van der Waals surface area contributed by atoms with Crippen molar-refractivity contribution in [2.45, 2.75) is 204 Å². The fourth-order valence-corrected chi connectivity index (χ4v) is 8.08. The Morgan fingerprint density at radius 3 is 1.22 bits per heavy atom. The van der Waals surface area contributed by atoms with E-state index in [0.717, 1.165) is 62.2 Å². The van der Waals surface area contributed by atoms with Crippen LogP contribution >= 0.6 is 7.82 Å². The van der Waals surface area contributed by atoms with Crippen molar-refractivity contribution in [3.63, 3.8) is 0 Å². The molecule has 0 saturated heterocycles. The van der Waals surface area contributed by atoms with Crippen LogP contribution in [0.2, 0.25) is 0 Å². The van der Waals surface area contributed by atoms with E-state index in [1.807, 2.05) is 13.8 Å². The van der Waals surface area contributed by atoms with Crippen molar-refractivity contribution in [3.8, 4) is 0 Å². The average Bonchev–Trinajstić information content (AvgIpc) is 3.08. The third-order valence-corrected chi connectivity index (χ3v) is 12.0. The van der Waals surface area contributed by atoms with Crippen molar-refractivity contribution < 1.29 is 37.6 Å². The summed E-state index contributed by atoms with van der Waals surface area (Å²) in [6.45, 7) is 21.7. The molecule has 0 bridgehead atoms. The minimum Gasteiger partial charge on any atom is -0.756 e. The van der Waals surface area contributed by atoms with Crippen molar-refractivity contribution in [2.24, 2.45) is 53.1 Å². The second-order valence-corrected chi connectivity index (χ2v) is 20.0. The quantitative estimate of drug-likeness (QED) is 0.0480. The Bertz CT molecular complexity index is 994. The first-order valence-electron chi connectivity index (χ1n) is 22.6. The van der Waals surface area contributed by atoms with Gasteiger partial charge in [-0.3, -0.25) is 14.2 Å². The van der Waals surface area contributed by atoms with E-state index in [2.05, 4.69) is 55.4 Å². The van der Waals surface area contributed by atoms with Gasteiger partial charge >= 0.3 is 11.9 Å². The minimum atomic E-state index is -4.65. The van der Waals surface area contributed by atoms with Crippen LogP contribution in [-0.4, -0.2) is 44.4 Å². The molecular weight excluding hydrogens is 713 g/mol. The molecule has 0 aromatic rings. The van der Waals surface area contributed by atoms with E-state index in [-0.39, 0.29) is 44.4 Å². The monoisotopic (exact) mass is 803 g/mol. The number of hydrogen-bond donors (Lipinski definition) is 1. The first kappa shape index (κ1) is 54.0. The van der Waals surface area contributed by atoms with E-state index in [9.17, 15) is 19.0 Å². The molecule has 0 fully saturated rings. The molecule has 0 radical (unpaired) electrons. The molecule has 328 valence electrons. The summed E-state index contributed by atoms with van der Waals surface area (Å²) in [7, 11) is -4.65. The Labute approximate surface area is 339 Å². The van der Waals surface area contributed by atoms with Crippen LogP contribution in [0.25, 0.3) is 0 Å². The summed E-state index contributed by atoms with van der Waals surface area (Å²) in [5, 5.41) is 0. The lowest BCUT2D eigenvalue weighted by Gasteiger charge is -2.25. The van der Waals surface area contributed by atoms with E-state index in [1.165, 1.54) is 77.0 Å². The highest BCUT2D eigenvalue weighted by Gasteiger charge is 2.23. The number of carbonyl (C=O) groups is 2. The zero-order valence-corrected chi connectivity index (χ0v) is 38.4. The molecule has 0 heterocycles. The Balaban J connectivity index is 4.65. The molecule has 0 rings (SSSR count). The zero-order valence-electron chi connectivity index (χ0n) is 37.5. The van der Waals surface area contributed by atoms with Gasteiger partial charge in [-0.05, 0) is 47.3 Å². The van der Waals surface area contributed by atoms with Crippen molar-refractivity contribution >= 4 is 19.8 Å². The Hall–Kier alpha value is -0.990. The van der Waals surface area contributed by atoms with Crippen LogP contribution in [-0.2, 0) is 32.7 Å². The maximum atomic E-state index is 12.9. The molecule has 0 aliphatic carbocycles. The lowest BCUT2D eigenvalue weighted by Crippen LogP contribution is -2.31. The standard InChI is InChI=1S/C45H90NO8P/c1-35(2)17-11-19-37(5)21-13-23-39(7)25-15-27-41(9)31-44(47)51-33-43(34-53-55(49,50)52-30-29-46)54-45(48)32-42(10)28-16-26-40(8)24-14-22-38(6)20-12-18-36(3)4/h35-43H,11-34,46H2,1-10H3,(H,49,50)/p-1/t37-,38-,39-,40-,41+,42+,43-/m1/s1. The summed E-state index contributed by atoms with van der Waals surface area (Å²) in [5.74, 6) is 3.87. The van der Waals surface area contributed by atoms with Crippen molar-refractivity contribution in [3.05, 3.63) is 0 Å². The normalized spacial score (nSPS) is 17.0. The number of nitrogens with two attached hydrogens (primary N) is 1. The Kier molecular flexibility index (Phi) is 32.3. The van der Waals surface area contributed by atoms with Gasteiger partial charge in [-0.2, -0.15) is 0 Å². The maximum Gasteiger partial charge on any atom is 0.306 e. The molecule has 2 N–H and O–H groups in total. The number of ether oxygens (including phenoxy) is 2. The average molecular weight is 803 g/mol. The number of hydrogen-bond acceptors (Lipinski definition) is 9. The van der Waals surface area contributed by atoms with Crippen LogP contribution in [0.15, 0.2) is 0 Å². The SMILES string of the molecule is CC(C)CCC[C@@H](C)CCC[C@@H](C)CCC[C@H](C)CC(=O)OC[C@H](COP(=O)([O-])OCCN)OC(=O)C[C@@H](C)CCC[C@H](C)CCC[C@H](C)CCCC(C)C. The largest absolute Gasteiger partial charge is 0.756 e. The van der Waals surface area contributed by atoms with Crippen molar-refractivity contribution in [1.82, 2.24) is 0 Å². The van der Waals surface area contributed by atoms with Gasteiger partial charge in [-0.25, -0.2) is 0 Å². The summed E-state index contributed by atoms with van der Waals surface area (Å²) < 4.78 is 32.9. The van der Waals surface area contributed by atoms with Gasteiger partial charge in [0.1, 0.15) is 6.61 Å². The predicted molar refractivity (Wildman–Crippen MR) is 226 cm³/mol. The molecule has 0 aromatic carbocycles. The predicted octanol–water partition coefficient (Wildman–Crippen LogP) is 11.8. The Morgan fingerprint density at radius 2 is 0.855 bits per heavy atom.